The molecule has 4 rings (SSSR count). The van der Waals surface area contributed by atoms with Crippen LogP contribution in [-0.2, 0) is 26.4 Å². The lowest BCUT2D eigenvalue weighted by molar-refractivity contribution is 0.101. The molecule has 0 aliphatic heterocycles. The van der Waals surface area contributed by atoms with E-state index in [9.17, 15) is 24.6 Å². The van der Waals surface area contributed by atoms with Crippen LogP contribution in [0, 0.1) is 0 Å². The summed E-state index contributed by atoms with van der Waals surface area (Å²) in [5.41, 5.74) is 4.75. The van der Waals surface area contributed by atoms with E-state index in [1.54, 1.807) is 66.7 Å². The van der Waals surface area contributed by atoms with Gasteiger partial charge in [0.25, 0.3) is 0 Å². The Bertz CT molecular complexity index is 1560. The van der Waals surface area contributed by atoms with Gasteiger partial charge in [-0.25, -0.2) is 0 Å². The normalized spacial score (nSPS) is 10.3. The highest BCUT2D eigenvalue weighted by molar-refractivity contribution is 6.07. The first-order chi connectivity index (χ1) is 20.6. The predicted molar refractivity (Wildman–Crippen MR) is 162 cm³/mol. The third kappa shape index (κ3) is 11.1. The van der Waals surface area contributed by atoms with Crippen LogP contribution in [0.15, 0.2) is 91.0 Å². The Morgan fingerprint density at radius 1 is 0.605 bits per heavy atom. The van der Waals surface area contributed by atoms with Crippen molar-refractivity contribution in [1.82, 2.24) is 0 Å². The van der Waals surface area contributed by atoms with Crippen molar-refractivity contribution in [3.8, 4) is 11.5 Å². The van der Waals surface area contributed by atoms with Crippen molar-refractivity contribution < 1.29 is 45.0 Å². The van der Waals surface area contributed by atoms with E-state index in [2.05, 4.69) is 0 Å². The first-order valence-corrected chi connectivity index (χ1v) is 13.1. The van der Waals surface area contributed by atoms with E-state index in [1.807, 2.05) is 0 Å². The lowest BCUT2D eigenvalue weighted by Crippen LogP contribution is -1.95. The molecule has 0 saturated carbocycles. The van der Waals surface area contributed by atoms with Crippen molar-refractivity contribution in [3.05, 3.63) is 136 Å². The van der Waals surface area contributed by atoms with Crippen molar-refractivity contribution in [1.29, 1.82) is 0 Å². The maximum absolute atomic E-state index is 12.0. The Balaban J connectivity index is 0.000000248. The van der Waals surface area contributed by atoms with Gasteiger partial charge >= 0.3 is 0 Å². The average Bonchev–Trinajstić information content (AvgIpc) is 3.03. The van der Waals surface area contributed by atoms with E-state index in [-0.39, 0.29) is 49.5 Å². The summed E-state index contributed by atoms with van der Waals surface area (Å²) in [4.78, 5) is 33.0. The molecule has 4 aromatic rings. The summed E-state index contributed by atoms with van der Waals surface area (Å²) in [6, 6.07) is 22.4. The number of hydrogen-bond acceptors (Lipinski definition) is 9. The predicted octanol–water partition coefficient (Wildman–Crippen LogP) is 4.35. The van der Waals surface area contributed by atoms with Crippen molar-refractivity contribution >= 4 is 23.9 Å². The van der Waals surface area contributed by atoms with Crippen LogP contribution in [0.25, 0.3) is 6.08 Å². The number of aliphatic hydroxyl groups is 4. The van der Waals surface area contributed by atoms with Gasteiger partial charge in [-0.2, -0.15) is 0 Å². The van der Waals surface area contributed by atoms with E-state index in [0.717, 1.165) is 5.56 Å². The van der Waals surface area contributed by atoms with Crippen LogP contribution in [0.5, 0.6) is 11.5 Å². The largest absolute Gasteiger partial charge is 0.508 e. The average molecular weight is 587 g/mol. The Labute approximate surface area is 249 Å². The zero-order valence-electron chi connectivity index (χ0n) is 23.6. The molecule has 9 nitrogen and oxygen atoms in total. The number of benzene rings is 4. The van der Waals surface area contributed by atoms with Crippen LogP contribution < -0.4 is 0 Å². The number of aliphatic hydroxyl groups excluding tert-OH is 4. The lowest BCUT2D eigenvalue weighted by atomic mass is 10.0. The summed E-state index contributed by atoms with van der Waals surface area (Å²) >= 11 is 0. The molecule has 4 aromatic carbocycles. The SMILES string of the molecule is CC(=O)c1cccc(O)c1.O=C(/C=C/c1ccc(CO)c(CO)c1)c1cccc(O)c1.O=Cc1ccc(CO)c(CO)c1. The topological polar surface area (TPSA) is 173 Å². The number of carbonyl (C=O) groups is 3. The van der Waals surface area contributed by atoms with Crippen LogP contribution in [0.2, 0.25) is 0 Å². The number of Topliss-reactive ketones (excluding diaryl/α,β-unsaturated/α-hetero) is 1. The van der Waals surface area contributed by atoms with Crippen molar-refractivity contribution in [2.45, 2.75) is 33.4 Å². The lowest BCUT2D eigenvalue weighted by Gasteiger charge is -2.05. The molecule has 43 heavy (non-hydrogen) atoms. The monoisotopic (exact) mass is 586 g/mol. The highest BCUT2D eigenvalue weighted by atomic mass is 16.3. The molecule has 0 spiro atoms. The van der Waals surface area contributed by atoms with Gasteiger partial charge in [0.1, 0.15) is 17.8 Å². The fourth-order valence-electron chi connectivity index (χ4n) is 3.72. The molecular formula is C34H34O9. The van der Waals surface area contributed by atoms with Crippen molar-refractivity contribution in [2.24, 2.45) is 0 Å². The molecule has 9 heteroatoms. The third-order valence-corrected chi connectivity index (χ3v) is 6.09. The Hall–Kier alpha value is -4.93. The number of allylic oxidation sites excluding steroid dienone is 1. The first-order valence-electron chi connectivity index (χ1n) is 13.1. The second-order valence-corrected chi connectivity index (χ2v) is 9.16. The van der Waals surface area contributed by atoms with E-state index >= 15 is 0 Å². The molecule has 0 bridgehead atoms. The number of hydrogen-bond donors (Lipinski definition) is 6. The number of aldehydes is 1. The van der Waals surface area contributed by atoms with E-state index in [1.165, 1.54) is 37.3 Å². The molecule has 0 aliphatic rings. The van der Waals surface area contributed by atoms with Crippen LogP contribution in [-0.4, -0.2) is 48.5 Å². The van der Waals surface area contributed by atoms with Gasteiger partial charge in [0, 0.05) is 16.7 Å². The Morgan fingerprint density at radius 3 is 1.51 bits per heavy atom. The zero-order valence-corrected chi connectivity index (χ0v) is 23.6. The van der Waals surface area contributed by atoms with Crippen LogP contribution in [0.1, 0.15) is 65.8 Å². The Morgan fingerprint density at radius 2 is 1.07 bits per heavy atom. The van der Waals surface area contributed by atoms with Crippen molar-refractivity contribution in [3.63, 3.8) is 0 Å². The van der Waals surface area contributed by atoms with Crippen molar-refractivity contribution in [2.75, 3.05) is 0 Å². The standard InChI is InChI=1S/C17H16O4.C9H10O3.C8H8O2/c18-10-14-6-4-12(8-15(14)11-19)5-7-17(21)13-2-1-3-16(20)9-13;10-4-7-1-2-8(5-11)9(3-7)6-12;1-6(9)7-3-2-4-8(10)5-7/h1-9,18-20H,10-11H2;1-4,11-12H,5-6H2;2-5,10H,1H3/b7-5+;;. The zero-order chi connectivity index (χ0) is 31.8. The molecule has 0 unspecified atom stereocenters. The number of rotatable bonds is 9. The van der Waals surface area contributed by atoms with Gasteiger partial charge in [0.05, 0.1) is 26.4 Å². The molecule has 224 valence electrons. The van der Waals surface area contributed by atoms with Gasteiger partial charge in [-0.3, -0.25) is 14.4 Å². The quantitative estimate of drug-likeness (QED) is 0.0947. The molecular weight excluding hydrogens is 552 g/mol. The molecule has 0 aliphatic carbocycles. The number of ketones is 2. The highest BCUT2D eigenvalue weighted by Gasteiger charge is 2.04. The summed E-state index contributed by atoms with van der Waals surface area (Å²) in [6.07, 6.45) is 3.75. The molecule has 0 fully saturated rings. The molecule has 6 N–H and O–H groups in total. The summed E-state index contributed by atoms with van der Waals surface area (Å²) in [7, 11) is 0. The summed E-state index contributed by atoms with van der Waals surface area (Å²) < 4.78 is 0. The first kappa shape index (κ1) is 34.3. The molecule has 0 radical (unpaired) electrons. The molecule has 0 amide bonds. The van der Waals surface area contributed by atoms with Crippen LogP contribution in [0.4, 0.5) is 0 Å². The molecule has 0 aromatic heterocycles. The summed E-state index contributed by atoms with van der Waals surface area (Å²) in [6.45, 7) is 0.890. The second-order valence-electron chi connectivity index (χ2n) is 9.16. The van der Waals surface area contributed by atoms with E-state index in [0.29, 0.717) is 45.2 Å². The van der Waals surface area contributed by atoms with Gasteiger partial charge < -0.3 is 30.6 Å². The fraction of sp³-hybridized carbons (Fsp3) is 0.147. The van der Waals surface area contributed by atoms with Gasteiger partial charge in [-0.05, 0) is 77.2 Å². The highest BCUT2D eigenvalue weighted by Crippen LogP contribution is 2.16. The second kappa shape index (κ2) is 17.8. The molecule has 0 heterocycles. The van der Waals surface area contributed by atoms with Gasteiger partial charge in [0.2, 0.25) is 0 Å². The van der Waals surface area contributed by atoms with Crippen LogP contribution in [0.3, 0.4) is 0 Å². The summed E-state index contributed by atoms with van der Waals surface area (Å²) in [5.74, 6) is -0.0737. The van der Waals surface area contributed by atoms with Gasteiger partial charge in [0.15, 0.2) is 11.6 Å². The number of carbonyl (C=O) groups excluding carboxylic acids is 3. The minimum atomic E-state index is -0.220. The van der Waals surface area contributed by atoms with E-state index in [4.69, 9.17) is 20.4 Å². The molecule has 0 atom stereocenters. The number of phenols is 2. The molecule has 0 saturated heterocycles. The third-order valence-electron chi connectivity index (χ3n) is 6.09. The maximum Gasteiger partial charge on any atom is 0.185 e. The minimum absolute atomic E-state index is 0.0316. The smallest absolute Gasteiger partial charge is 0.185 e. The summed E-state index contributed by atoms with van der Waals surface area (Å²) in [5, 5.41) is 54.3. The number of phenolic OH excluding ortho intramolecular Hbond substituents is 2. The number of aromatic hydroxyl groups is 2. The van der Waals surface area contributed by atoms with Gasteiger partial charge in [-0.1, -0.05) is 54.6 Å². The minimum Gasteiger partial charge on any atom is -0.508 e. The Kier molecular flexibility index (Phi) is 14.2. The fourth-order valence-corrected chi connectivity index (χ4v) is 3.72. The van der Waals surface area contributed by atoms with E-state index < -0.39 is 0 Å². The van der Waals surface area contributed by atoms with Gasteiger partial charge in [-0.15, -0.1) is 0 Å². The maximum atomic E-state index is 12.0. The van der Waals surface area contributed by atoms with Crippen LogP contribution >= 0.6 is 0 Å².